The zero-order chi connectivity index (χ0) is 15.8. The van der Waals surface area contributed by atoms with Gasteiger partial charge in [0.05, 0.1) is 12.7 Å². The van der Waals surface area contributed by atoms with E-state index in [4.69, 9.17) is 9.47 Å². The first-order chi connectivity index (χ1) is 10.0. The Morgan fingerprint density at radius 2 is 1.81 bits per heavy atom. The SMILES string of the molecule is COCC(CCC(C)C)C(OC)c1cccnc1C(C)C. The summed E-state index contributed by atoms with van der Waals surface area (Å²) in [6.07, 6.45) is 4.21. The maximum absolute atomic E-state index is 5.85. The molecule has 0 spiro atoms. The van der Waals surface area contributed by atoms with Gasteiger partial charge in [0, 0.05) is 37.6 Å². The fraction of sp³-hybridized carbons (Fsp3) is 0.722. The summed E-state index contributed by atoms with van der Waals surface area (Å²) in [4.78, 5) is 4.56. The number of rotatable bonds is 9. The van der Waals surface area contributed by atoms with Crippen molar-refractivity contribution in [3.63, 3.8) is 0 Å². The summed E-state index contributed by atoms with van der Waals surface area (Å²) in [7, 11) is 3.56. The van der Waals surface area contributed by atoms with E-state index in [1.165, 1.54) is 12.0 Å². The molecule has 1 aromatic heterocycles. The maximum atomic E-state index is 5.85. The number of pyridine rings is 1. The zero-order valence-electron chi connectivity index (χ0n) is 14.4. The van der Waals surface area contributed by atoms with E-state index in [2.05, 4.69) is 38.7 Å². The lowest BCUT2D eigenvalue weighted by Gasteiger charge is -2.28. The van der Waals surface area contributed by atoms with Crippen LogP contribution >= 0.6 is 0 Å². The second kappa shape index (κ2) is 9.16. The lowest BCUT2D eigenvalue weighted by Crippen LogP contribution is -2.22. The Kier molecular flexibility index (Phi) is 7.91. The van der Waals surface area contributed by atoms with Gasteiger partial charge in [-0.2, -0.15) is 0 Å². The van der Waals surface area contributed by atoms with Crippen molar-refractivity contribution in [1.82, 2.24) is 4.98 Å². The summed E-state index contributed by atoms with van der Waals surface area (Å²) in [5.74, 6) is 1.46. The van der Waals surface area contributed by atoms with Crippen molar-refractivity contribution >= 4 is 0 Å². The van der Waals surface area contributed by atoms with E-state index in [1.807, 2.05) is 12.3 Å². The highest BCUT2D eigenvalue weighted by molar-refractivity contribution is 5.25. The summed E-state index contributed by atoms with van der Waals surface area (Å²) in [6.45, 7) is 9.60. The molecule has 2 atom stereocenters. The number of methoxy groups -OCH3 is 2. The predicted octanol–water partition coefficient (Wildman–Crippen LogP) is 4.59. The molecule has 0 aliphatic carbocycles. The number of hydrogen-bond acceptors (Lipinski definition) is 3. The van der Waals surface area contributed by atoms with Crippen molar-refractivity contribution in [2.75, 3.05) is 20.8 Å². The minimum Gasteiger partial charge on any atom is -0.384 e. The fourth-order valence-electron chi connectivity index (χ4n) is 2.81. The molecule has 1 heterocycles. The molecule has 0 fully saturated rings. The third kappa shape index (κ3) is 5.40. The summed E-state index contributed by atoms with van der Waals surface area (Å²) < 4.78 is 11.3. The van der Waals surface area contributed by atoms with Gasteiger partial charge in [-0.1, -0.05) is 40.2 Å². The quantitative estimate of drug-likeness (QED) is 0.667. The van der Waals surface area contributed by atoms with Gasteiger partial charge >= 0.3 is 0 Å². The van der Waals surface area contributed by atoms with Crippen molar-refractivity contribution in [2.24, 2.45) is 11.8 Å². The third-order valence-corrected chi connectivity index (χ3v) is 3.90. The van der Waals surface area contributed by atoms with Crippen molar-refractivity contribution in [1.29, 1.82) is 0 Å². The van der Waals surface area contributed by atoms with E-state index in [9.17, 15) is 0 Å². The van der Waals surface area contributed by atoms with Crippen LogP contribution in [0.5, 0.6) is 0 Å². The Labute approximate surface area is 130 Å². The minimum atomic E-state index is 0.0507. The smallest absolute Gasteiger partial charge is 0.0888 e. The van der Waals surface area contributed by atoms with Crippen LogP contribution in [0.25, 0.3) is 0 Å². The van der Waals surface area contributed by atoms with Gasteiger partial charge in [0.15, 0.2) is 0 Å². The van der Waals surface area contributed by atoms with Gasteiger partial charge in [-0.3, -0.25) is 4.98 Å². The average molecular weight is 293 g/mol. The standard InChI is InChI=1S/C18H31NO2/c1-13(2)9-10-15(12-20-5)18(21-6)16-8-7-11-19-17(16)14(3)4/h7-8,11,13-15,18H,9-10,12H2,1-6H3. The van der Waals surface area contributed by atoms with Gasteiger partial charge in [-0.15, -0.1) is 0 Å². The van der Waals surface area contributed by atoms with Crippen LogP contribution in [0.3, 0.4) is 0 Å². The Balaban J connectivity index is 3.01. The molecular formula is C18H31NO2. The Morgan fingerprint density at radius 3 is 2.33 bits per heavy atom. The lowest BCUT2D eigenvalue weighted by atomic mass is 9.87. The first-order valence-electron chi connectivity index (χ1n) is 7.97. The van der Waals surface area contributed by atoms with E-state index in [0.717, 1.165) is 18.7 Å². The highest BCUT2D eigenvalue weighted by atomic mass is 16.5. The molecule has 0 saturated carbocycles. The Morgan fingerprint density at radius 1 is 1.10 bits per heavy atom. The molecule has 0 aromatic carbocycles. The van der Waals surface area contributed by atoms with E-state index in [0.29, 0.717) is 17.8 Å². The molecule has 120 valence electrons. The fourth-order valence-corrected chi connectivity index (χ4v) is 2.81. The topological polar surface area (TPSA) is 31.4 Å². The monoisotopic (exact) mass is 293 g/mol. The molecule has 1 rings (SSSR count). The molecule has 0 saturated heterocycles. The van der Waals surface area contributed by atoms with Gasteiger partial charge in [0.2, 0.25) is 0 Å². The molecule has 0 bridgehead atoms. The molecule has 0 N–H and O–H groups in total. The van der Waals surface area contributed by atoms with E-state index >= 15 is 0 Å². The van der Waals surface area contributed by atoms with E-state index in [1.54, 1.807) is 14.2 Å². The first kappa shape index (κ1) is 18.1. The summed E-state index contributed by atoms with van der Waals surface area (Å²) >= 11 is 0. The normalized spacial score (nSPS) is 14.7. The molecule has 3 nitrogen and oxygen atoms in total. The molecule has 3 heteroatoms. The first-order valence-corrected chi connectivity index (χ1v) is 7.97. The van der Waals surface area contributed by atoms with Gasteiger partial charge in [-0.05, 0) is 24.3 Å². The molecule has 1 aromatic rings. The van der Waals surface area contributed by atoms with Crippen LogP contribution in [0.1, 0.15) is 63.8 Å². The second-order valence-electron chi connectivity index (χ2n) is 6.48. The van der Waals surface area contributed by atoms with Crippen molar-refractivity contribution < 1.29 is 9.47 Å². The van der Waals surface area contributed by atoms with Crippen molar-refractivity contribution in [3.05, 3.63) is 29.6 Å². The molecule has 0 aliphatic rings. The largest absolute Gasteiger partial charge is 0.384 e. The number of aromatic nitrogens is 1. The molecular weight excluding hydrogens is 262 g/mol. The van der Waals surface area contributed by atoms with Gasteiger partial charge in [0.25, 0.3) is 0 Å². The molecule has 0 radical (unpaired) electrons. The Bertz CT molecular complexity index is 404. The van der Waals surface area contributed by atoms with Gasteiger partial charge in [-0.25, -0.2) is 0 Å². The lowest BCUT2D eigenvalue weighted by molar-refractivity contribution is 0.00649. The summed E-state index contributed by atoms with van der Waals surface area (Å²) in [5, 5.41) is 0. The summed E-state index contributed by atoms with van der Waals surface area (Å²) in [6, 6.07) is 4.15. The van der Waals surface area contributed by atoms with E-state index < -0.39 is 0 Å². The highest BCUT2D eigenvalue weighted by Crippen LogP contribution is 2.33. The van der Waals surface area contributed by atoms with Gasteiger partial charge in [0.1, 0.15) is 0 Å². The van der Waals surface area contributed by atoms with Gasteiger partial charge < -0.3 is 9.47 Å². The van der Waals surface area contributed by atoms with Crippen LogP contribution < -0.4 is 0 Å². The van der Waals surface area contributed by atoms with Crippen molar-refractivity contribution in [3.8, 4) is 0 Å². The van der Waals surface area contributed by atoms with Crippen LogP contribution in [0, 0.1) is 11.8 Å². The minimum absolute atomic E-state index is 0.0507. The molecule has 0 amide bonds. The third-order valence-electron chi connectivity index (χ3n) is 3.90. The average Bonchev–Trinajstić information content (AvgIpc) is 2.45. The number of ether oxygens (including phenoxy) is 2. The number of nitrogens with zero attached hydrogens (tertiary/aromatic N) is 1. The molecule has 0 aliphatic heterocycles. The predicted molar refractivity (Wildman–Crippen MR) is 87.5 cm³/mol. The van der Waals surface area contributed by atoms with Crippen LogP contribution in [-0.2, 0) is 9.47 Å². The van der Waals surface area contributed by atoms with Crippen molar-refractivity contribution in [2.45, 2.75) is 52.6 Å². The molecule has 2 unspecified atom stereocenters. The number of hydrogen-bond donors (Lipinski definition) is 0. The zero-order valence-corrected chi connectivity index (χ0v) is 14.4. The molecule has 21 heavy (non-hydrogen) atoms. The van der Waals surface area contributed by atoms with Crippen LogP contribution in [0.4, 0.5) is 0 Å². The highest BCUT2D eigenvalue weighted by Gasteiger charge is 2.26. The van der Waals surface area contributed by atoms with Crippen LogP contribution in [0.2, 0.25) is 0 Å². The maximum Gasteiger partial charge on any atom is 0.0888 e. The summed E-state index contributed by atoms with van der Waals surface area (Å²) in [5.41, 5.74) is 2.34. The Hall–Kier alpha value is -0.930. The second-order valence-corrected chi connectivity index (χ2v) is 6.48. The van der Waals surface area contributed by atoms with E-state index in [-0.39, 0.29) is 6.10 Å². The van der Waals surface area contributed by atoms with Crippen LogP contribution in [0.15, 0.2) is 18.3 Å². The van der Waals surface area contributed by atoms with Crippen LogP contribution in [-0.4, -0.2) is 25.8 Å².